The van der Waals surface area contributed by atoms with Gasteiger partial charge in [-0.1, -0.05) is 6.42 Å². The highest BCUT2D eigenvalue weighted by Crippen LogP contribution is 2.20. The topological polar surface area (TPSA) is 65.8 Å². The van der Waals surface area contributed by atoms with Gasteiger partial charge in [0.1, 0.15) is 5.76 Å². The van der Waals surface area contributed by atoms with Gasteiger partial charge >= 0.3 is 0 Å². The van der Waals surface area contributed by atoms with Crippen molar-refractivity contribution in [2.45, 2.75) is 38.6 Å². The third kappa shape index (κ3) is 4.60. The predicted molar refractivity (Wildman–Crippen MR) is 90.1 cm³/mol. The lowest BCUT2D eigenvalue weighted by Crippen LogP contribution is -2.36. The second-order valence-corrected chi connectivity index (χ2v) is 6.80. The molecule has 2 fully saturated rings. The molecule has 0 saturated carbocycles. The Hall–Kier alpha value is -1.82. The molecule has 2 aliphatic rings. The molecule has 0 aliphatic carbocycles. The summed E-state index contributed by atoms with van der Waals surface area (Å²) in [5, 5.41) is 3.00. The molecule has 0 unspecified atom stereocenters. The first-order valence-electron chi connectivity index (χ1n) is 9.02. The van der Waals surface area contributed by atoms with Crippen LogP contribution in [0.4, 0.5) is 0 Å². The van der Waals surface area contributed by atoms with Crippen LogP contribution in [0.1, 0.15) is 37.9 Å². The van der Waals surface area contributed by atoms with Gasteiger partial charge in [-0.15, -0.1) is 0 Å². The Bertz CT molecular complexity index is 538. The van der Waals surface area contributed by atoms with E-state index < -0.39 is 0 Å². The standard InChI is InChI=1S/C18H27N3O3/c22-17-12-15(13-21(17)14-16-6-4-11-24-16)18(23)19-7-5-10-20-8-2-1-3-9-20/h4,6,11,15H,1-3,5,7-10,12-14H2,(H,19,23)/t15-/m0/s1. The highest BCUT2D eigenvalue weighted by atomic mass is 16.3. The van der Waals surface area contributed by atoms with Crippen molar-refractivity contribution in [1.82, 2.24) is 15.1 Å². The lowest BCUT2D eigenvalue weighted by Gasteiger charge is -2.26. The number of piperidine rings is 1. The lowest BCUT2D eigenvalue weighted by molar-refractivity contribution is -0.129. The minimum absolute atomic E-state index is 0.00365. The highest BCUT2D eigenvalue weighted by molar-refractivity contribution is 5.89. The number of carbonyl (C=O) groups excluding carboxylic acids is 2. The van der Waals surface area contributed by atoms with Gasteiger partial charge in [0.05, 0.1) is 18.7 Å². The summed E-state index contributed by atoms with van der Waals surface area (Å²) in [7, 11) is 0. The molecule has 2 saturated heterocycles. The summed E-state index contributed by atoms with van der Waals surface area (Å²) in [6.07, 6.45) is 6.81. The van der Waals surface area contributed by atoms with Crippen molar-refractivity contribution in [1.29, 1.82) is 0 Å². The van der Waals surface area contributed by atoms with Crippen molar-refractivity contribution in [3.05, 3.63) is 24.2 Å². The second-order valence-electron chi connectivity index (χ2n) is 6.80. The van der Waals surface area contributed by atoms with Gasteiger partial charge in [0, 0.05) is 19.5 Å². The molecule has 2 amide bonds. The number of furan rings is 1. The fourth-order valence-corrected chi connectivity index (χ4v) is 3.53. The van der Waals surface area contributed by atoms with Crippen LogP contribution in [-0.2, 0) is 16.1 Å². The van der Waals surface area contributed by atoms with E-state index >= 15 is 0 Å². The van der Waals surface area contributed by atoms with Crippen molar-refractivity contribution >= 4 is 11.8 Å². The Labute approximate surface area is 143 Å². The molecule has 132 valence electrons. The number of amides is 2. The average molecular weight is 333 g/mol. The van der Waals surface area contributed by atoms with Crippen LogP contribution in [0.3, 0.4) is 0 Å². The van der Waals surface area contributed by atoms with E-state index in [0.29, 0.717) is 26.1 Å². The molecule has 0 aromatic carbocycles. The normalized spacial score (nSPS) is 22.1. The van der Waals surface area contributed by atoms with Crippen LogP contribution < -0.4 is 5.32 Å². The van der Waals surface area contributed by atoms with E-state index in [9.17, 15) is 9.59 Å². The number of hydrogen-bond donors (Lipinski definition) is 1. The molecule has 0 bridgehead atoms. The second kappa shape index (κ2) is 8.33. The summed E-state index contributed by atoms with van der Waals surface area (Å²) >= 11 is 0. The zero-order chi connectivity index (χ0) is 16.8. The molecule has 24 heavy (non-hydrogen) atoms. The Kier molecular flexibility index (Phi) is 5.91. The van der Waals surface area contributed by atoms with Gasteiger partial charge in [-0.25, -0.2) is 0 Å². The quantitative estimate of drug-likeness (QED) is 0.770. The van der Waals surface area contributed by atoms with Gasteiger partial charge in [0.25, 0.3) is 0 Å². The first kappa shape index (κ1) is 17.0. The maximum Gasteiger partial charge on any atom is 0.225 e. The fourth-order valence-electron chi connectivity index (χ4n) is 3.53. The van der Waals surface area contributed by atoms with Gasteiger partial charge in [0.15, 0.2) is 0 Å². The zero-order valence-corrected chi connectivity index (χ0v) is 14.2. The molecule has 6 nitrogen and oxygen atoms in total. The van der Waals surface area contributed by atoms with E-state index in [1.807, 2.05) is 12.1 Å². The molecule has 1 N–H and O–H groups in total. The monoisotopic (exact) mass is 333 g/mol. The Morgan fingerprint density at radius 1 is 1.29 bits per heavy atom. The van der Waals surface area contributed by atoms with Crippen molar-refractivity contribution < 1.29 is 14.0 Å². The summed E-state index contributed by atoms with van der Waals surface area (Å²) in [5.74, 6) is 0.553. The van der Waals surface area contributed by atoms with Gasteiger partial charge in [-0.3, -0.25) is 9.59 Å². The summed E-state index contributed by atoms with van der Waals surface area (Å²) < 4.78 is 5.28. The molecule has 2 aliphatic heterocycles. The van der Waals surface area contributed by atoms with Crippen LogP contribution in [-0.4, -0.2) is 54.3 Å². The summed E-state index contributed by atoms with van der Waals surface area (Å²) in [4.78, 5) is 28.5. The number of rotatable bonds is 7. The Morgan fingerprint density at radius 2 is 2.12 bits per heavy atom. The van der Waals surface area contributed by atoms with Gasteiger partial charge in [0.2, 0.25) is 11.8 Å². The first-order valence-corrected chi connectivity index (χ1v) is 9.02. The smallest absolute Gasteiger partial charge is 0.225 e. The van der Waals surface area contributed by atoms with E-state index in [-0.39, 0.29) is 17.7 Å². The SMILES string of the molecule is O=C(NCCCN1CCCCC1)[C@H]1CC(=O)N(Cc2ccco2)C1. The lowest BCUT2D eigenvalue weighted by atomic mass is 10.1. The third-order valence-corrected chi connectivity index (χ3v) is 4.91. The molecular formula is C18H27N3O3. The summed E-state index contributed by atoms with van der Waals surface area (Å²) in [5.41, 5.74) is 0. The van der Waals surface area contributed by atoms with E-state index in [4.69, 9.17) is 4.42 Å². The van der Waals surface area contributed by atoms with Gasteiger partial charge < -0.3 is 19.5 Å². The Balaban J connectivity index is 1.35. The van der Waals surface area contributed by atoms with Crippen LogP contribution >= 0.6 is 0 Å². The van der Waals surface area contributed by atoms with E-state index in [1.54, 1.807) is 11.2 Å². The number of nitrogens with one attached hydrogen (secondary N) is 1. The highest BCUT2D eigenvalue weighted by Gasteiger charge is 2.34. The van der Waals surface area contributed by atoms with Crippen LogP contribution in [0.15, 0.2) is 22.8 Å². The molecule has 3 rings (SSSR count). The summed E-state index contributed by atoms with van der Waals surface area (Å²) in [6.45, 7) is 5.05. The number of hydrogen-bond acceptors (Lipinski definition) is 4. The van der Waals surface area contributed by atoms with Crippen molar-refractivity contribution in [2.75, 3.05) is 32.7 Å². The van der Waals surface area contributed by atoms with Crippen molar-refractivity contribution in [2.24, 2.45) is 5.92 Å². The fraction of sp³-hybridized carbons (Fsp3) is 0.667. The maximum absolute atomic E-state index is 12.3. The average Bonchev–Trinajstić information content (AvgIpc) is 3.23. The molecule has 1 aromatic rings. The van der Waals surface area contributed by atoms with Gasteiger partial charge in [-0.2, -0.15) is 0 Å². The molecule has 0 radical (unpaired) electrons. The van der Waals surface area contributed by atoms with E-state index in [1.165, 1.54) is 32.4 Å². The molecule has 1 atom stereocenters. The Morgan fingerprint density at radius 3 is 2.88 bits per heavy atom. The molecule has 3 heterocycles. The molecule has 0 spiro atoms. The number of likely N-dealkylation sites (tertiary alicyclic amines) is 2. The van der Waals surface area contributed by atoms with Crippen molar-refractivity contribution in [3.8, 4) is 0 Å². The van der Waals surface area contributed by atoms with Crippen LogP contribution in [0.25, 0.3) is 0 Å². The van der Waals surface area contributed by atoms with E-state index in [2.05, 4.69) is 10.2 Å². The van der Waals surface area contributed by atoms with E-state index in [0.717, 1.165) is 18.7 Å². The number of nitrogens with zero attached hydrogens (tertiary/aromatic N) is 2. The minimum Gasteiger partial charge on any atom is -0.467 e. The third-order valence-electron chi connectivity index (χ3n) is 4.91. The zero-order valence-electron chi connectivity index (χ0n) is 14.2. The van der Waals surface area contributed by atoms with Crippen LogP contribution in [0.5, 0.6) is 0 Å². The maximum atomic E-state index is 12.3. The minimum atomic E-state index is -0.234. The van der Waals surface area contributed by atoms with Crippen molar-refractivity contribution in [3.63, 3.8) is 0 Å². The van der Waals surface area contributed by atoms with Crippen LogP contribution in [0.2, 0.25) is 0 Å². The molecule has 6 heteroatoms. The summed E-state index contributed by atoms with van der Waals surface area (Å²) in [6, 6.07) is 3.66. The largest absolute Gasteiger partial charge is 0.467 e. The first-order chi connectivity index (χ1) is 11.7. The predicted octanol–water partition coefficient (Wildman–Crippen LogP) is 1.62. The molecular weight excluding hydrogens is 306 g/mol. The van der Waals surface area contributed by atoms with Gasteiger partial charge in [-0.05, 0) is 51.0 Å². The molecule has 1 aromatic heterocycles. The number of carbonyl (C=O) groups is 2. The van der Waals surface area contributed by atoms with Crippen LogP contribution in [0, 0.1) is 5.92 Å².